The lowest BCUT2D eigenvalue weighted by atomic mass is 9.58. The van der Waals surface area contributed by atoms with Gasteiger partial charge in [-0.15, -0.1) is 11.3 Å². The number of hydrogen-bond acceptors (Lipinski definition) is 3. The monoisotopic (exact) mass is 857 g/mol. The minimum absolute atomic E-state index is 0.0649. The van der Waals surface area contributed by atoms with Crippen molar-refractivity contribution in [1.29, 1.82) is 0 Å². The minimum atomic E-state index is -0.127. The first-order valence-corrected chi connectivity index (χ1v) is 23.9. The lowest BCUT2D eigenvalue weighted by molar-refractivity contribution is 0.590. The summed E-state index contributed by atoms with van der Waals surface area (Å²) >= 11 is 1.91. The average molecular weight is 858 g/mol. The Morgan fingerprint density at radius 3 is 2.12 bits per heavy atom. The highest BCUT2D eigenvalue weighted by atomic mass is 32.1. The van der Waals surface area contributed by atoms with Crippen LogP contribution in [0.3, 0.4) is 0 Å². The first-order chi connectivity index (χ1) is 31.1. The van der Waals surface area contributed by atoms with Gasteiger partial charge >= 0.3 is 0 Å². The molecule has 0 saturated carbocycles. The number of fused-ring (bicyclic) bond motifs is 14. The molecule has 0 amide bonds. The van der Waals surface area contributed by atoms with Gasteiger partial charge < -0.3 is 14.3 Å². The van der Waals surface area contributed by atoms with Crippen molar-refractivity contribution < 1.29 is 4.42 Å². The number of nitrogens with one attached hydrogen (secondary N) is 1. The summed E-state index contributed by atoms with van der Waals surface area (Å²) in [5.74, 6) is 0. The molecule has 0 bridgehead atoms. The van der Waals surface area contributed by atoms with Gasteiger partial charge in [-0.05, 0) is 116 Å². The van der Waals surface area contributed by atoms with Gasteiger partial charge in [-0.3, -0.25) is 0 Å². The van der Waals surface area contributed by atoms with Crippen molar-refractivity contribution in [3.05, 3.63) is 161 Å². The fourth-order valence-electron chi connectivity index (χ4n) is 11.3. The van der Waals surface area contributed by atoms with Crippen LogP contribution in [0.2, 0.25) is 0 Å². The summed E-state index contributed by atoms with van der Waals surface area (Å²) in [6, 6.07) is 50.6. The Morgan fingerprint density at radius 2 is 1.32 bits per heavy atom. The van der Waals surface area contributed by atoms with Gasteiger partial charge in [0.25, 0.3) is 0 Å². The molecule has 315 valence electrons. The van der Waals surface area contributed by atoms with Crippen LogP contribution in [0.5, 0.6) is 0 Å². The van der Waals surface area contributed by atoms with Crippen LogP contribution in [0.1, 0.15) is 83.2 Å². The second kappa shape index (κ2) is 13.0. The lowest BCUT2D eigenvalue weighted by Crippen LogP contribution is -2.38. The number of rotatable bonds is 3. The standard InChI is InChI=1S/C60H50BN2OS/c1-32-24-43(40-29-54-42(38-23-20-34(59(5,6)7)25-53(38)65-54)27-48(40)62-35-21-18-33(19-22-35)58(2,3)4)56-57-55(32)44-26-41-37-15-11-13-17-51(37)64-52(41)31-49(44)63(57)50-28-39-36-14-10-12-16-45(36)60(8,9)46(39)30-47(50)61-56/h10-31,62H,1-9H3. The number of nitrogens with zero attached hydrogens (tertiary/aromatic N) is 1. The van der Waals surface area contributed by atoms with Crippen LogP contribution in [0, 0.1) is 6.92 Å². The molecule has 0 unspecified atom stereocenters. The van der Waals surface area contributed by atoms with Crippen LogP contribution in [-0.2, 0) is 16.2 Å². The second-order valence-electron chi connectivity index (χ2n) is 21.4. The summed E-state index contributed by atoms with van der Waals surface area (Å²) in [5, 5.41) is 11.4. The molecule has 4 heterocycles. The van der Waals surface area contributed by atoms with Crippen LogP contribution in [0.4, 0.5) is 11.4 Å². The third-order valence-electron chi connectivity index (χ3n) is 14.8. The van der Waals surface area contributed by atoms with Crippen molar-refractivity contribution >= 4 is 105 Å². The van der Waals surface area contributed by atoms with Crippen molar-refractivity contribution in [3.63, 3.8) is 0 Å². The van der Waals surface area contributed by atoms with E-state index >= 15 is 0 Å². The molecule has 1 radical (unpaired) electrons. The van der Waals surface area contributed by atoms with Gasteiger partial charge in [0.05, 0.1) is 5.52 Å². The maximum absolute atomic E-state index is 6.62. The zero-order chi connectivity index (χ0) is 44.5. The molecule has 1 aliphatic heterocycles. The Kier molecular flexibility index (Phi) is 7.80. The van der Waals surface area contributed by atoms with Crippen molar-refractivity contribution in [2.24, 2.45) is 0 Å². The van der Waals surface area contributed by atoms with Crippen molar-refractivity contribution in [2.45, 2.75) is 78.6 Å². The van der Waals surface area contributed by atoms with E-state index in [-0.39, 0.29) is 16.2 Å². The Balaban J connectivity index is 1.11. The molecule has 2 aliphatic rings. The van der Waals surface area contributed by atoms with Crippen molar-refractivity contribution in [1.82, 2.24) is 4.57 Å². The zero-order valence-electron chi connectivity index (χ0n) is 38.5. The topological polar surface area (TPSA) is 30.1 Å². The summed E-state index contributed by atoms with van der Waals surface area (Å²) in [6.07, 6.45) is 0. The Hall–Kier alpha value is -6.56. The predicted octanol–water partition coefficient (Wildman–Crippen LogP) is 15.6. The highest BCUT2D eigenvalue weighted by Crippen LogP contribution is 2.51. The quantitative estimate of drug-likeness (QED) is 0.179. The van der Waals surface area contributed by atoms with Crippen LogP contribution >= 0.6 is 11.3 Å². The Bertz CT molecular complexity index is 3880. The van der Waals surface area contributed by atoms with E-state index in [2.05, 4.69) is 213 Å². The summed E-state index contributed by atoms with van der Waals surface area (Å²) in [4.78, 5) is 0. The molecule has 3 nitrogen and oxygen atoms in total. The molecular weight excluding hydrogens is 808 g/mol. The Labute approximate surface area is 385 Å². The second-order valence-corrected chi connectivity index (χ2v) is 22.4. The van der Waals surface area contributed by atoms with Crippen LogP contribution in [-0.4, -0.2) is 11.8 Å². The first-order valence-electron chi connectivity index (χ1n) is 23.1. The first kappa shape index (κ1) is 38.9. The number of aromatic nitrogens is 1. The summed E-state index contributed by atoms with van der Waals surface area (Å²) in [7, 11) is 2.50. The zero-order valence-corrected chi connectivity index (χ0v) is 39.4. The number of anilines is 2. The predicted molar refractivity (Wildman–Crippen MR) is 281 cm³/mol. The molecule has 1 aliphatic carbocycles. The molecule has 11 aromatic rings. The van der Waals surface area contributed by atoms with Gasteiger partial charge in [-0.2, -0.15) is 0 Å². The van der Waals surface area contributed by atoms with Crippen molar-refractivity contribution in [3.8, 4) is 27.9 Å². The minimum Gasteiger partial charge on any atom is -0.456 e. The number of hydrogen-bond donors (Lipinski definition) is 1. The van der Waals surface area contributed by atoms with E-state index in [1.807, 2.05) is 11.3 Å². The third kappa shape index (κ3) is 5.55. The molecular formula is C60H50BN2OS. The van der Waals surface area contributed by atoms with Gasteiger partial charge in [0, 0.05) is 81.3 Å². The molecule has 8 aromatic carbocycles. The number of thiophene rings is 1. The van der Waals surface area contributed by atoms with Gasteiger partial charge in [-0.25, -0.2) is 0 Å². The smallest absolute Gasteiger partial charge is 0.197 e. The highest BCUT2D eigenvalue weighted by Gasteiger charge is 2.38. The summed E-state index contributed by atoms with van der Waals surface area (Å²) < 4.78 is 11.8. The number of aryl methyl sites for hydroxylation is 1. The van der Waals surface area contributed by atoms with Crippen LogP contribution < -0.4 is 16.2 Å². The number of benzene rings is 8. The van der Waals surface area contributed by atoms with Gasteiger partial charge in [0.1, 0.15) is 11.2 Å². The van der Waals surface area contributed by atoms with E-state index in [0.717, 1.165) is 33.3 Å². The molecule has 1 N–H and O–H groups in total. The van der Waals surface area contributed by atoms with Crippen LogP contribution in [0.15, 0.2) is 138 Å². The van der Waals surface area contributed by atoms with Gasteiger partial charge in [0.2, 0.25) is 0 Å². The maximum Gasteiger partial charge on any atom is 0.197 e. The fourth-order valence-corrected chi connectivity index (χ4v) is 12.5. The molecule has 0 atom stereocenters. The largest absolute Gasteiger partial charge is 0.456 e. The highest BCUT2D eigenvalue weighted by molar-refractivity contribution is 7.25. The lowest BCUT2D eigenvalue weighted by Gasteiger charge is -2.27. The van der Waals surface area contributed by atoms with E-state index in [9.17, 15) is 0 Å². The summed E-state index contributed by atoms with van der Waals surface area (Å²) in [5.41, 5.74) is 21.9. The van der Waals surface area contributed by atoms with E-state index in [4.69, 9.17) is 4.42 Å². The van der Waals surface area contributed by atoms with E-state index < -0.39 is 0 Å². The molecule has 3 aromatic heterocycles. The number of furan rings is 1. The van der Waals surface area contributed by atoms with Crippen molar-refractivity contribution in [2.75, 3.05) is 5.32 Å². The van der Waals surface area contributed by atoms with E-state index in [1.54, 1.807) is 0 Å². The summed E-state index contributed by atoms with van der Waals surface area (Å²) in [6.45, 7) is 20.8. The maximum atomic E-state index is 6.62. The molecule has 13 rings (SSSR count). The molecule has 5 heteroatoms. The normalized spacial score (nSPS) is 14.2. The SMILES string of the molecule is Cc1cc(-c2cc3sc4cc(C(C)(C)C)ccc4c3cc2Nc2ccc(C(C)(C)C)cc2)c2c3c1c1cc4c(cc1n3-c1cc3c(cc1[B]2)C(C)(C)c1ccccc1-3)oc1ccccc14. The molecule has 0 fully saturated rings. The molecule has 0 spiro atoms. The molecule has 65 heavy (non-hydrogen) atoms. The molecule has 0 saturated heterocycles. The van der Waals surface area contributed by atoms with Crippen LogP contribution in [0.25, 0.3) is 91.9 Å². The number of para-hydroxylation sites is 1. The fraction of sp³-hybridized carbons (Fsp3) is 0.200. The van der Waals surface area contributed by atoms with E-state index in [1.165, 1.54) is 109 Å². The third-order valence-corrected chi connectivity index (χ3v) is 16.0. The van der Waals surface area contributed by atoms with Gasteiger partial charge in [0.15, 0.2) is 7.28 Å². The van der Waals surface area contributed by atoms with Gasteiger partial charge in [-0.1, -0.05) is 140 Å². The van der Waals surface area contributed by atoms with E-state index in [0.29, 0.717) is 0 Å². The Morgan fingerprint density at radius 1 is 0.585 bits per heavy atom. The average Bonchev–Trinajstić information content (AvgIpc) is 3.99.